The molecule has 1 aromatic carbocycles. The van der Waals surface area contributed by atoms with Crippen molar-refractivity contribution in [3.8, 4) is 23.4 Å². The van der Waals surface area contributed by atoms with Crippen LogP contribution in [0.25, 0.3) is 0 Å². The first-order chi connectivity index (χ1) is 9.75. The van der Waals surface area contributed by atoms with Gasteiger partial charge in [0.15, 0.2) is 0 Å². The first kappa shape index (κ1) is 13.6. The largest absolute Gasteiger partial charge is 0.497 e. The smallest absolute Gasteiger partial charge is 0.224 e. The van der Waals surface area contributed by atoms with Crippen LogP contribution in [0.2, 0.25) is 0 Å². The fourth-order valence-electron chi connectivity index (χ4n) is 1.61. The van der Waals surface area contributed by atoms with Gasteiger partial charge >= 0.3 is 0 Å². The zero-order valence-corrected chi connectivity index (χ0v) is 11.3. The Morgan fingerprint density at radius 2 is 2.00 bits per heavy atom. The van der Waals surface area contributed by atoms with E-state index in [2.05, 4.69) is 21.4 Å². The van der Waals surface area contributed by atoms with Gasteiger partial charge in [-0.1, -0.05) is 0 Å². The van der Waals surface area contributed by atoms with Crippen molar-refractivity contribution in [2.45, 2.75) is 6.92 Å². The summed E-state index contributed by atoms with van der Waals surface area (Å²) in [6, 6.07) is 8.69. The van der Waals surface area contributed by atoms with E-state index in [0.717, 1.165) is 6.54 Å². The SMILES string of the molecule is CCNc1cc(Oc2cc(C#N)cc(OC)c2)ncn1. The number of aromatic nitrogens is 2. The average molecular weight is 270 g/mol. The van der Waals surface area contributed by atoms with Gasteiger partial charge in [-0.05, 0) is 19.1 Å². The summed E-state index contributed by atoms with van der Waals surface area (Å²) in [6.45, 7) is 2.73. The molecule has 0 amide bonds. The van der Waals surface area contributed by atoms with Gasteiger partial charge in [-0.15, -0.1) is 0 Å². The quantitative estimate of drug-likeness (QED) is 0.899. The molecule has 0 saturated carbocycles. The fraction of sp³-hybridized carbons (Fsp3) is 0.214. The Balaban J connectivity index is 2.25. The highest BCUT2D eigenvalue weighted by Crippen LogP contribution is 2.26. The van der Waals surface area contributed by atoms with Crippen LogP contribution < -0.4 is 14.8 Å². The molecule has 20 heavy (non-hydrogen) atoms. The summed E-state index contributed by atoms with van der Waals surface area (Å²) in [4.78, 5) is 8.09. The van der Waals surface area contributed by atoms with Gasteiger partial charge in [-0.2, -0.15) is 5.26 Å². The topological polar surface area (TPSA) is 80.1 Å². The minimum absolute atomic E-state index is 0.396. The fourth-order valence-corrected chi connectivity index (χ4v) is 1.61. The van der Waals surface area contributed by atoms with Gasteiger partial charge in [-0.25, -0.2) is 9.97 Å². The van der Waals surface area contributed by atoms with E-state index in [9.17, 15) is 0 Å². The Kier molecular flexibility index (Phi) is 4.35. The van der Waals surface area contributed by atoms with Crippen LogP contribution >= 0.6 is 0 Å². The molecule has 102 valence electrons. The van der Waals surface area contributed by atoms with Gasteiger partial charge < -0.3 is 14.8 Å². The third kappa shape index (κ3) is 3.36. The Morgan fingerprint density at radius 3 is 2.70 bits per heavy atom. The number of methoxy groups -OCH3 is 1. The van der Waals surface area contributed by atoms with Crippen molar-refractivity contribution in [2.24, 2.45) is 0 Å². The number of nitrogens with zero attached hydrogens (tertiary/aromatic N) is 3. The van der Waals surface area contributed by atoms with Crippen LogP contribution in [0.15, 0.2) is 30.6 Å². The van der Waals surface area contributed by atoms with Gasteiger partial charge in [0.1, 0.15) is 23.6 Å². The van der Waals surface area contributed by atoms with E-state index in [4.69, 9.17) is 14.7 Å². The summed E-state index contributed by atoms with van der Waals surface area (Å²) in [5, 5.41) is 12.0. The molecule has 0 radical (unpaired) electrons. The van der Waals surface area contributed by atoms with Crippen LogP contribution in [-0.2, 0) is 0 Å². The second-order valence-electron chi connectivity index (χ2n) is 3.88. The van der Waals surface area contributed by atoms with E-state index >= 15 is 0 Å². The monoisotopic (exact) mass is 270 g/mol. The van der Waals surface area contributed by atoms with Crippen molar-refractivity contribution in [2.75, 3.05) is 19.0 Å². The van der Waals surface area contributed by atoms with Crippen molar-refractivity contribution >= 4 is 5.82 Å². The molecule has 0 atom stereocenters. The molecule has 1 N–H and O–H groups in total. The first-order valence-corrected chi connectivity index (χ1v) is 6.08. The van der Waals surface area contributed by atoms with Crippen LogP contribution in [0, 0.1) is 11.3 Å². The van der Waals surface area contributed by atoms with Crippen molar-refractivity contribution in [1.29, 1.82) is 5.26 Å². The zero-order chi connectivity index (χ0) is 14.4. The summed E-state index contributed by atoms with van der Waals surface area (Å²) in [6.07, 6.45) is 1.42. The molecule has 0 aliphatic heterocycles. The minimum atomic E-state index is 0.396. The molecule has 0 saturated heterocycles. The Labute approximate surface area is 117 Å². The van der Waals surface area contributed by atoms with E-state index in [1.807, 2.05) is 6.92 Å². The lowest BCUT2D eigenvalue weighted by molar-refractivity contribution is 0.407. The lowest BCUT2D eigenvalue weighted by Crippen LogP contribution is -2.00. The molecule has 2 rings (SSSR count). The number of hydrogen-bond acceptors (Lipinski definition) is 6. The molecule has 0 spiro atoms. The lowest BCUT2D eigenvalue weighted by atomic mass is 10.2. The molecule has 0 unspecified atom stereocenters. The molecular weight excluding hydrogens is 256 g/mol. The van der Waals surface area contributed by atoms with Crippen LogP contribution in [0.1, 0.15) is 12.5 Å². The molecule has 2 aromatic rings. The third-order valence-corrected chi connectivity index (χ3v) is 2.47. The number of anilines is 1. The van der Waals surface area contributed by atoms with E-state index < -0.39 is 0 Å². The molecule has 6 nitrogen and oxygen atoms in total. The van der Waals surface area contributed by atoms with E-state index in [0.29, 0.717) is 28.8 Å². The molecule has 0 fully saturated rings. The number of benzene rings is 1. The maximum Gasteiger partial charge on any atom is 0.224 e. The van der Waals surface area contributed by atoms with Crippen LogP contribution in [0.4, 0.5) is 5.82 Å². The summed E-state index contributed by atoms with van der Waals surface area (Å²) in [5.74, 6) is 2.12. The number of nitrogens with one attached hydrogen (secondary N) is 1. The van der Waals surface area contributed by atoms with Gasteiger partial charge in [0, 0.05) is 18.7 Å². The number of nitriles is 1. The van der Waals surface area contributed by atoms with E-state index in [1.54, 1.807) is 24.3 Å². The second kappa shape index (κ2) is 6.38. The summed E-state index contributed by atoms with van der Waals surface area (Å²) >= 11 is 0. The van der Waals surface area contributed by atoms with Crippen LogP contribution in [0.3, 0.4) is 0 Å². The molecule has 0 aliphatic carbocycles. The molecular formula is C14H14N4O2. The maximum atomic E-state index is 8.97. The standard InChI is InChI=1S/C14H14N4O2/c1-3-16-13-7-14(18-9-17-13)20-12-5-10(8-15)4-11(6-12)19-2/h4-7,9H,3H2,1-2H3,(H,16,17,18). The van der Waals surface area contributed by atoms with Crippen molar-refractivity contribution in [3.63, 3.8) is 0 Å². The molecule has 1 heterocycles. The minimum Gasteiger partial charge on any atom is -0.497 e. The summed E-state index contributed by atoms with van der Waals surface area (Å²) in [5.41, 5.74) is 0.459. The highest BCUT2D eigenvalue weighted by atomic mass is 16.5. The Morgan fingerprint density at radius 1 is 1.20 bits per heavy atom. The van der Waals surface area contributed by atoms with Crippen molar-refractivity contribution in [3.05, 3.63) is 36.2 Å². The predicted octanol–water partition coefficient (Wildman–Crippen LogP) is 2.58. The van der Waals surface area contributed by atoms with Crippen molar-refractivity contribution in [1.82, 2.24) is 9.97 Å². The second-order valence-corrected chi connectivity index (χ2v) is 3.88. The Hall–Kier alpha value is -2.81. The number of ether oxygens (including phenoxy) is 2. The van der Waals surface area contributed by atoms with Gasteiger partial charge in [0.2, 0.25) is 5.88 Å². The van der Waals surface area contributed by atoms with E-state index in [-0.39, 0.29) is 0 Å². The van der Waals surface area contributed by atoms with Crippen LogP contribution in [0.5, 0.6) is 17.4 Å². The molecule has 1 aromatic heterocycles. The number of hydrogen-bond donors (Lipinski definition) is 1. The van der Waals surface area contributed by atoms with Gasteiger partial charge in [0.25, 0.3) is 0 Å². The first-order valence-electron chi connectivity index (χ1n) is 6.08. The summed E-state index contributed by atoms with van der Waals surface area (Å²) < 4.78 is 10.7. The average Bonchev–Trinajstić information content (AvgIpc) is 2.47. The van der Waals surface area contributed by atoms with E-state index in [1.165, 1.54) is 13.4 Å². The summed E-state index contributed by atoms with van der Waals surface area (Å²) in [7, 11) is 1.54. The highest BCUT2D eigenvalue weighted by Gasteiger charge is 2.05. The lowest BCUT2D eigenvalue weighted by Gasteiger charge is -2.08. The number of rotatable bonds is 5. The van der Waals surface area contributed by atoms with Crippen molar-refractivity contribution < 1.29 is 9.47 Å². The molecule has 6 heteroatoms. The maximum absolute atomic E-state index is 8.97. The Bertz CT molecular complexity index is 637. The zero-order valence-electron chi connectivity index (χ0n) is 11.3. The molecule has 0 bridgehead atoms. The molecule has 0 aliphatic rings. The highest BCUT2D eigenvalue weighted by molar-refractivity contribution is 5.45. The predicted molar refractivity (Wildman–Crippen MR) is 74.0 cm³/mol. The van der Waals surface area contributed by atoms with Gasteiger partial charge in [-0.3, -0.25) is 0 Å². The third-order valence-electron chi connectivity index (χ3n) is 2.47. The van der Waals surface area contributed by atoms with Crippen LogP contribution in [-0.4, -0.2) is 23.6 Å². The van der Waals surface area contributed by atoms with Gasteiger partial charge in [0.05, 0.1) is 18.7 Å². The normalized spacial score (nSPS) is 9.65.